The number of hydrogen-bond acceptors (Lipinski definition) is 5. The molecule has 3 aliphatic rings. The second-order valence-corrected chi connectivity index (χ2v) is 12.4. The molecule has 0 unspecified atom stereocenters. The minimum absolute atomic E-state index is 0.0893. The van der Waals surface area contributed by atoms with Crippen LogP contribution >= 0.6 is 0 Å². The number of amides is 1. The Kier molecular flexibility index (Phi) is 5.74. The molecule has 2 saturated carbocycles. The molecule has 1 spiro atoms. The second-order valence-electron chi connectivity index (χ2n) is 12.4. The Bertz CT molecular complexity index is 1380. The molecule has 38 heavy (non-hydrogen) atoms. The molecule has 3 fully saturated rings. The Hall–Kier alpha value is -3.17. The van der Waals surface area contributed by atoms with Gasteiger partial charge in [-0.25, -0.2) is 0 Å². The summed E-state index contributed by atoms with van der Waals surface area (Å²) in [6.45, 7) is 8.71. The van der Waals surface area contributed by atoms with Crippen LogP contribution in [0.1, 0.15) is 69.3 Å². The van der Waals surface area contributed by atoms with Crippen LogP contribution in [0.15, 0.2) is 48.7 Å². The minimum atomic E-state index is -0.703. The number of rotatable bonds is 6. The summed E-state index contributed by atoms with van der Waals surface area (Å²) in [7, 11) is -0.407. The number of carboxylic acid groups (broad SMARTS) is 1. The third-order valence-electron chi connectivity index (χ3n) is 9.15. The molecule has 1 aromatic heterocycles. The summed E-state index contributed by atoms with van der Waals surface area (Å²) >= 11 is 0. The number of para-hydroxylation sites is 1. The highest BCUT2D eigenvalue weighted by atomic mass is 16.7. The van der Waals surface area contributed by atoms with Gasteiger partial charge in [0, 0.05) is 11.4 Å². The van der Waals surface area contributed by atoms with Gasteiger partial charge in [-0.05, 0) is 75.9 Å². The lowest BCUT2D eigenvalue weighted by Gasteiger charge is -2.56. The standard InChI is InChI=1S/C29H34BN3O5/c1-27(2)28(3,4)38-30(37-27)21-10-8-18(9-11-21)17-33-24-19(16-31-33)6-5-7-23(24)25(34)32-22-14-29(15-22)12-20(13-29)26(35)36/h5-11,16,20,22H,12-15,17H2,1-4H3,(H,32,34)(H,35,36). The van der Waals surface area contributed by atoms with E-state index in [-0.39, 0.29) is 34.5 Å². The predicted octanol–water partition coefficient (Wildman–Crippen LogP) is 3.76. The van der Waals surface area contributed by atoms with E-state index in [0.29, 0.717) is 12.1 Å². The van der Waals surface area contributed by atoms with E-state index in [1.165, 1.54) is 0 Å². The maximum Gasteiger partial charge on any atom is 0.494 e. The molecule has 2 heterocycles. The lowest BCUT2D eigenvalue weighted by Crippen LogP contribution is -2.57. The van der Waals surface area contributed by atoms with Crippen LogP contribution in [0, 0.1) is 11.3 Å². The number of carbonyl (C=O) groups excluding carboxylic acids is 1. The van der Waals surface area contributed by atoms with Gasteiger partial charge in [0.2, 0.25) is 0 Å². The van der Waals surface area contributed by atoms with Crippen molar-refractivity contribution in [3.63, 3.8) is 0 Å². The third kappa shape index (κ3) is 4.22. The van der Waals surface area contributed by atoms with Crippen molar-refractivity contribution in [2.75, 3.05) is 0 Å². The number of carbonyl (C=O) groups is 2. The molecule has 2 aliphatic carbocycles. The zero-order valence-corrected chi connectivity index (χ0v) is 22.4. The van der Waals surface area contributed by atoms with Gasteiger partial charge >= 0.3 is 13.1 Å². The fourth-order valence-electron chi connectivity index (χ4n) is 6.22. The largest absolute Gasteiger partial charge is 0.494 e. The normalized spacial score (nSPS) is 27.2. The number of aromatic nitrogens is 2. The van der Waals surface area contributed by atoms with Crippen LogP contribution in [0.25, 0.3) is 10.9 Å². The lowest BCUT2D eigenvalue weighted by molar-refractivity contribution is -0.155. The van der Waals surface area contributed by atoms with E-state index in [9.17, 15) is 9.59 Å². The Morgan fingerprint density at radius 1 is 1.03 bits per heavy atom. The summed E-state index contributed by atoms with van der Waals surface area (Å²) in [5, 5.41) is 17.8. The van der Waals surface area contributed by atoms with Gasteiger partial charge in [-0.3, -0.25) is 14.3 Å². The van der Waals surface area contributed by atoms with Crippen LogP contribution in [-0.2, 0) is 20.6 Å². The van der Waals surface area contributed by atoms with E-state index >= 15 is 0 Å². The number of nitrogens with one attached hydrogen (secondary N) is 1. The average molecular weight is 515 g/mol. The molecule has 1 amide bonds. The summed E-state index contributed by atoms with van der Waals surface area (Å²) in [5.41, 5.74) is 2.78. The fourth-order valence-corrected chi connectivity index (χ4v) is 6.22. The van der Waals surface area contributed by atoms with Crippen molar-refractivity contribution in [1.82, 2.24) is 15.1 Å². The first-order chi connectivity index (χ1) is 18.0. The average Bonchev–Trinajstić information content (AvgIpc) is 3.31. The lowest BCUT2D eigenvalue weighted by atomic mass is 9.50. The first-order valence-corrected chi connectivity index (χ1v) is 13.4. The highest BCUT2D eigenvalue weighted by Gasteiger charge is 2.55. The van der Waals surface area contributed by atoms with Crippen molar-refractivity contribution >= 4 is 35.4 Å². The Labute approximate surface area is 222 Å². The zero-order valence-electron chi connectivity index (χ0n) is 22.4. The van der Waals surface area contributed by atoms with Crippen molar-refractivity contribution in [3.05, 3.63) is 59.8 Å². The molecular weight excluding hydrogens is 481 g/mol. The second kappa shape index (κ2) is 8.68. The Balaban J connectivity index is 1.14. The van der Waals surface area contributed by atoms with Crippen molar-refractivity contribution in [2.45, 2.75) is 77.2 Å². The fraction of sp³-hybridized carbons (Fsp3) is 0.483. The maximum atomic E-state index is 13.3. The summed E-state index contributed by atoms with van der Waals surface area (Å²) in [6, 6.07) is 13.9. The van der Waals surface area contributed by atoms with Crippen LogP contribution in [0.4, 0.5) is 0 Å². The maximum absolute atomic E-state index is 13.3. The highest BCUT2D eigenvalue weighted by molar-refractivity contribution is 6.62. The summed E-state index contributed by atoms with van der Waals surface area (Å²) in [6.07, 6.45) is 4.96. The number of fused-ring (bicyclic) bond motifs is 1. The molecule has 0 bridgehead atoms. The molecule has 1 saturated heterocycles. The summed E-state index contributed by atoms with van der Waals surface area (Å²) in [5.74, 6) is -1.03. The summed E-state index contributed by atoms with van der Waals surface area (Å²) in [4.78, 5) is 24.4. The molecule has 0 atom stereocenters. The molecule has 0 radical (unpaired) electrons. The monoisotopic (exact) mass is 515 g/mol. The SMILES string of the molecule is CC1(C)OB(c2ccc(Cn3ncc4cccc(C(=O)NC5CC6(C5)CC(C(=O)O)C6)c43)cc2)OC1(C)C. The molecule has 9 heteroatoms. The third-order valence-corrected chi connectivity index (χ3v) is 9.15. The molecule has 8 nitrogen and oxygen atoms in total. The van der Waals surface area contributed by atoms with E-state index in [0.717, 1.165) is 47.6 Å². The molecule has 2 aromatic carbocycles. The smallest absolute Gasteiger partial charge is 0.481 e. The van der Waals surface area contributed by atoms with Crippen molar-refractivity contribution in [1.29, 1.82) is 0 Å². The van der Waals surface area contributed by atoms with Crippen LogP contribution in [0.5, 0.6) is 0 Å². The number of hydrogen-bond donors (Lipinski definition) is 2. The molecular formula is C29H34BN3O5. The van der Waals surface area contributed by atoms with E-state index in [1.807, 2.05) is 74.8 Å². The van der Waals surface area contributed by atoms with Gasteiger partial charge in [0.25, 0.3) is 5.91 Å². The Morgan fingerprint density at radius 3 is 2.32 bits per heavy atom. The van der Waals surface area contributed by atoms with Gasteiger partial charge in [-0.1, -0.05) is 36.4 Å². The van der Waals surface area contributed by atoms with Crippen LogP contribution in [-0.4, -0.2) is 51.1 Å². The van der Waals surface area contributed by atoms with Gasteiger partial charge < -0.3 is 19.7 Å². The number of benzene rings is 2. The first kappa shape index (κ1) is 25.1. The molecule has 6 rings (SSSR count). The van der Waals surface area contributed by atoms with Crippen LogP contribution in [0.3, 0.4) is 0 Å². The molecule has 3 aromatic rings. The van der Waals surface area contributed by atoms with Crippen LogP contribution in [0.2, 0.25) is 0 Å². The van der Waals surface area contributed by atoms with Crippen molar-refractivity contribution < 1.29 is 24.0 Å². The van der Waals surface area contributed by atoms with Crippen LogP contribution < -0.4 is 10.8 Å². The Morgan fingerprint density at radius 2 is 1.68 bits per heavy atom. The predicted molar refractivity (Wildman–Crippen MR) is 144 cm³/mol. The first-order valence-electron chi connectivity index (χ1n) is 13.4. The van der Waals surface area contributed by atoms with Gasteiger partial charge in [-0.2, -0.15) is 5.10 Å². The van der Waals surface area contributed by atoms with Crippen molar-refractivity contribution in [3.8, 4) is 0 Å². The van der Waals surface area contributed by atoms with E-state index in [4.69, 9.17) is 14.4 Å². The van der Waals surface area contributed by atoms with Gasteiger partial charge in [-0.15, -0.1) is 0 Å². The topological polar surface area (TPSA) is 103 Å². The van der Waals surface area contributed by atoms with Gasteiger partial charge in [0.05, 0.1) is 40.9 Å². The number of carboxylic acids is 1. The number of aliphatic carboxylic acids is 1. The van der Waals surface area contributed by atoms with E-state index in [2.05, 4.69) is 10.4 Å². The van der Waals surface area contributed by atoms with E-state index in [1.54, 1.807) is 6.20 Å². The summed E-state index contributed by atoms with van der Waals surface area (Å²) < 4.78 is 14.2. The van der Waals surface area contributed by atoms with E-state index < -0.39 is 13.1 Å². The molecule has 1 aliphatic heterocycles. The minimum Gasteiger partial charge on any atom is -0.481 e. The molecule has 2 N–H and O–H groups in total. The highest BCUT2D eigenvalue weighted by Crippen LogP contribution is 2.58. The molecule has 198 valence electrons. The zero-order chi connectivity index (χ0) is 26.9. The quantitative estimate of drug-likeness (QED) is 0.485. The van der Waals surface area contributed by atoms with Gasteiger partial charge in [0.15, 0.2) is 0 Å². The van der Waals surface area contributed by atoms with Gasteiger partial charge in [0.1, 0.15) is 0 Å². The van der Waals surface area contributed by atoms with Crippen molar-refractivity contribution in [2.24, 2.45) is 11.3 Å². The number of nitrogens with zero attached hydrogens (tertiary/aromatic N) is 2.